The summed E-state index contributed by atoms with van der Waals surface area (Å²) >= 11 is 1.79. The number of rotatable bonds is 9. The number of hydrogen-bond donors (Lipinski definition) is 2. The molecule has 0 aromatic heterocycles. The number of benzene rings is 4. The number of amides is 1. The van der Waals surface area contributed by atoms with E-state index in [0.717, 1.165) is 28.0 Å². The molecule has 1 amide bonds. The van der Waals surface area contributed by atoms with Crippen LogP contribution in [0.5, 0.6) is 0 Å². The smallest absolute Gasteiger partial charge is 0.251 e. The second-order valence-electron chi connectivity index (χ2n) is 9.74. The predicted molar refractivity (Wildman–Crippen MR) is 154 cm³/mol. The monoisotopic (exact) mass is 539 g/mol. The molecule has 200 valence electrons. The molecule has 4 atom stereocenters. The molecule has 1 aliphatic heterocycles. The van der Waals surface area contributed by atoms with Crippen LogP contribution in [0.3, 0.4) is 0 Å². The summed E-state index contributed by atoms with van der Waals surface area (Å²) in [7, 11) is 0. The third-order valence-corrected chi connectivity index (χ3v) is 8.12. The molecular weight excluding hydrogens is 506 g/mol. The van der Waals surface area contributed by atoms with Gasteiger partial charge < -0.3 is 19.9 Å². The SMILES string of the molecule is CC1C(CSc2ccccc2)OC(c2ccc(CNC(=O)c3ccccc3)cc2)OC1c1ccc(CO)cc1. The average molecular weight is 540 g/mol. The Bertz CT molecular complexity index is 1330. The fourth-order valence-electron chi connectivity index (χ4n) is 4.67. The molecular formula is C33H33NO4S. The Hall–Kier alpha value is -3.42. The Balaban J connectivity index is 1.30. The van der Waals surface area contributed by atoms with Gasteiger partial charge in [0.1, 0.15) is 0 Å². The zero-order valence-corrected chi connectivity index (χ0v) is 22.7. The third-order valence-electron chi connectivity index (χ3n) is 7.02. The van der Waals surface area contributed by atoms with Crippen LogP contribution in [0, 0.1) is 5.92 Å². The van der Waals surface area contributed by atoms with Gasteiger partial charge in [-0.15, -0.1) is 11.8 Å². The van der Waals surface area contributed by atoms with Gasteiger partial charge in [0.25, 0.3) is 5.91 Å². The highest BCUT2D eigenvalue weighted by molar-refractivity contribution is 7.99. The highest BCUT2D eigenvalue weighted by Crippen LogP contribution is 2.43. The van der Waals surface area contributed by atoms with Crippen LogP contribution in [0.15, 0.2) is 114 Å². The van der Waals surface area contributed by atoms with Crippen LogP contribution in [-0.2, 0) is 22.6 Å². The number of carbonyl (C=O) groups excluding carboxylic acids is 1. The number of ether oxygens (including phenoxy) is 2. The van der Waals surface area contributed by atoms with Crippen molar-refractivity contribution in [3.8, 4) is 0 Å². The van der Waals surface area contributed by atoms with Crippen molar-refractivity contribution in [2.75, 3.05) is 5.75 Å². The molecule has 6 heteroatoms. The van der Waals surface area contributed by atoms with Crippen LogP contribution in [-0.4, -0.2) is 22.9 Å². The highest BCUT2D eigenvalue weighted by Gasteiger charge is 2.38. The van der Waals surface area contributed by atoms with E-state index in [1.807, 2.05) is 72.8 Å². The molecule has 1 aliphatic rings. The van der Waals surface area contributed by atoms with Crippen molar-refractivity contribution in [2.24, 2.45) is 5.92 Å². The van der Waals surface area contributed by atoms with Crippen LogP contribution >= 0.6 is 11.8 Å². The molecule has 0 aliphatic carbocycles. The molecule has 39 heavy (non-hydrogen) atoms. The zero-order valence-electron chi connectivity index (χ0n) is 21.9. The number of hydrogen-bond acceptors (Lipinski definition) is 5. The first-order chi connectivity index (χ1) is 19.1. The van der Waals surface area contributed by atoms with Crippen molar-refractivity contribution in [3.63, 3.8) is 0 Å². The Kier molecular flexibility index (Phi) is 9.12. The Labute approximate surface area is 234 Å². The summed E-state index contributed by atoms with van der Waals surface area (Å²) in [5.74, 6) is 0.839. The van der Waals surface area contributed by atoms with Crippen LogP contribution in [0.2, 0.25) is 0 Å². The lowest BCUT2D eigenvalue weighted by Gasteiger charge is -2.41. The van der Waals surface area contributed by atoms with Gasteiger partial charge in [0.05, 0.1) is 18.8 Å². The van der Waals surface area contributed by atoms with Gasteiger partial charge in [0.2, 0.25) is 0 Å². The summed E-state index contributed by atoms with van der Waals surface area (Å²) in [6, 6.07) is 35.6. The molecule has 1 heterocycles. The molecule has 4 aromatic carbocycles. The summed E-state index contributed by atoms with van der Waals surface area (Å²) in [5.41, 5.74) is 4.53. The van der Waals surface area contributed by atoms with Crippen molar-refractivity contribution in [3.05, 3.63) is 137 Å². The fraction of sp³-hybridized carbons (Fsp3) is 0.242. The first-order valence-electron chi connectivity index (χ1n) is 13.2. The summed E-state index contributed by atoms with van der Waals surface area (Å²) in [6.07, 6.45) is -0.693. The van der Waals surface area contributed by atoms with E-state index >= 15 is 0 Å². The maximum absolute atomic E-state index is 12.4. The molecule has 1 fully saturated rings. The average Bonchev–Trinajstić information content (AvgIpc) is 3.00. The highest BCUT2D eigenvalue weighted by atomic mass is 32.2. The molecule has 0 saturated carbocycles. The first kappa shape index (κ1) is 27.2. The number of carbonyl (C=O) groups is 1. The molecule has 1 saturated heterocycles. The second-order valence-corrected chi connectivity index (χ2v) is 10.8. The van der Waals surface area contributed by atoms with Gasteiger partial charge >= 0.3 is 0 Å². The van der Waals surface area contributed by atoms with Crippen LogP contribution in [0.25, 0.3) is 0 Å². The van der Waals surface area contributed by atoms with Crippen LogP contribution < -0.4 is 5.32 Å². The minimum absolute atomic E-state index is 0.0155. The van der Waals surface area contributed by atoms with Crippen molar-refractivity contribution < 1.29 is 19.4 Å². The van der Waals surface area contributed by atoms with E-state index in [-0.39, 0.29) is 30.6 Å². The van der Waals surface area contributed by atoms with E-state index in [0.29, 0.717) is 12.1 Å². The number of aliphatic hydroxyl groups excluding tert-OH is 1. The molecule has 4 aromatic rings. The molecule has 0 radical (unpaired) electrons. The molecule has 0 bridgehead atoms. The van der Waals surface area contributed by atoms with Gasteiger partial charge in [-0.3, -0.25) is 4.79 Å². The standard InChI is InChI=1S/C33H33NO4S/c1-23-30(22-39-29-10-6-3-7-11-29)37-33(38-31(23)26-16-14-25(21-35)15-17-26)28-18-12-24(13-19-28)20-34-32(36)27-8-4-2-5-9-27/h2-19,23,30-31,33,35H,20-22H2,1H3,(H,34,36). The maximum Gasteiger partial charge on any atom is 0.251 e. The quantitative estimate of drug-likeness (QED) is 0.232. The van der Waals surface area contributed by atoms with Crippen LogP contribution in [0.1, 0.15) is 51.9 Å². The lowest BCUT2D eigenvalue weighted by atomic mass is 9.91. The Morgan fingerprint density at radius 1 is 0.795 bits per heavy atom. The lowest BCUT2D eigenvalue weighted by Crippen LogP contribution is -2.38. The topological polar surface area (TPSA) is 67.8 Å². The molecule has 5 nitrogen and oxygen atoms in total. The molecule has 5 rings (SSSR count). The third kappa shape index (κ3) is 6.97. The fourth-order valence-corrected chi connectivity index (χ4v) is 5.76. The van der Waals surface area contributed by atoms with E-state index in [1.165, 1.54) is 4.90 Å². The maximum atomic E-state index is 12.4. The van der Waals surface area contributed by atoms with E-state index in [9.17, 15) is 9.90 Å². The lowest BCUT2D eigenvalue weighted by molar-refractivity contribution is -0.268. The summed E-state index contributed by atoms with van der Waals surface area (Å²) in [6.45, 7) is 2.63. The Morgan fingerprint density at radius 3 is 2.08 bits per heavy atom. The minimum atomic E-state index is -0.516. The van der Waals surface area contributed by atoms with Crippen molar-refractivity contribution in [2.45, 2.75) is 43.5 Å². The summed E-state index contributed by atoms with van der Waals surface area (Å²) in [5, 5.41) is 12.4. The van der Waals surface area contributed by atoms with Gasteiger partial charge in [-0.25, -0.2) is 0 Å². The second kappa shape index (κ2) is 13.1. The molecule has 2 N–H and O–H groups in total. The molecule has 0 spiro atoms. The zero-order chi connectivity index (χ0) is 27.0. The number of aliphatic hydroxyl groups is 1. The van der Waals surface area contributed by atoms with Gasteiger partial charge in [-0.1, -0.05) is 91.9 Å². The summed E-state index contributed by atoms with van der Waals surface area (Å²) < 4.78 is 13.1. The van der Waals surface area contributed by atoms with Gasteiger partial charge in [-0.05, 0) is 41.0 Å². The number of nitrogens with one attached hydrogen (secondary N) is 1. The largest absolute Gasteiger partial charge is 0.392 e. The minimum Gasteiger partial charge on any atom is -0.392 e. The summed E-state index contributed by atoms with van der Waals surface area (Å²) in [4.78, 5) is 13.6. The van der Waals surface area contributed by atoms with E-state index in [4.69, 9.17) is 9.47 Å². The van der Waals surface area contributed by atoms with Crippen molar-refractivity contribution >= 4 is 17.7 Å². The van der Waals surface area contributed by atoms with Crippen molar-refractivity contribution in [1.82, 2.24) is 5.32 Å². The van der Waals surface area contributed by atoms with Gasteiger partial charge in [-0.2, -0.15) is 0 Å². The Morgan fingerprint density at radius 2 is 1.41 bits per heavy atom. The van der Waals surface area contributed by atoms with E-state index in [1.54, 1.807) is 23.9 Å². The normalized spacial score (nSPS) is 20.9. The van der Waals surface area contributed by atoms with Crippen molar-refractivity contribution in [1.29, 1.82) is 0 Å². The number of thioether (sulfide) groups is 1. The first-order valence-corrected chi connectivity index (χ1v) is 14.2. The van der Waals surface area contributed by atoms with Gasteiger partial charge in [0.15, 0.2) is 6.29 Å². The molecule has 4 unspecified atom stereocenters. The van der Waals surface area contributed by atoms with E-state index in [2.05, 4.69) is 36.5 Å². The van der Waals surface area contributed by atoms with E-state index < -0.39 is 6.29 Å². The predicted octanol–water partition coefficient (Wildman–Crippen LogP) is 6.69. The van der Waals surface area contributed by atoms with Crippen LogP contribution in [0.4, 0.5) is 0 Å². The van der Waals surface area contributed by atoms with Gasteiger partial charge in [0, 0.05) is 34.2 Å².